The molecular weight excluding hydrogens is 366 g/mol. The van der Waals surface area contributed by atoms with Crippen molar-refractivity contribution >= 4 is 5.96 Å². The van der Waals surface area contributed by atoms with Crippen molar-refractivity contribution in [3.05, 3.63) is 29.8 Å². The number of likely N-dealkylation sites (tertiary alicyclic amines) is 1. The Bertz CT molecular complexity index is 646. The Morgan fingerprint density at radius 3 is 2.86 bits per heavy atom. The highest BCUT2D eigenvalue weighted by Crippen LogP contribution is 2.18. The average molecular weight is 404 g/mol. The largest absolute Gasteiger partial charge is 0.492 e. The second-order valence-electron chi connectivity index (χ2n) is 8.01. The minimum atomic E-state index is 0.608. The van der Waals surface area contributed by atoms with Crippen LogP contribution in [0.25, 0.3) is 0 Å². The molecule has 0 spiro atoms. The second kappa shape index (κ2) is 11.4. The third-order valence-corrected chi connectivity index (χ3v) is 5.48. The van der Waals surface area contributed by atoms with Crippen LogP contribution in [0.15, 0.2) is 29.3 Å². The van der Waals surface area contributed by atoms with Crippen molar-refractivity contribution in [2.75, 3.05) is 73.2 Å². The summed E-state index contributed by atoms with van der Waals surface area (Å²) in [4.78, 5) is 12.0. The zero-order valence-corrected chi connectivity index (χ0v) is 18.3. The van der Waals surface area contributed by atoms with Crippen molar-refractivity contribution in [2.45, 2.75) is 25.9 Å². The van der Waals surface area contributed by atoms with Gasteiger partial charge in [-0.1, -0.05) is 12.1 Å². The van der Waals surface area contributed by atoms with E-state index in [1.165, 1.54) is 12.0 Å². The molecule has 0 aliphatic carbocycles. The predicted octanol–water partition coefficient (Wildman–Crippen LogP) is 1.50. The molecule has 7 nitrogen and oxygen atoms in total. The number of likely N-dealkylation sites (N-methyl/N-ethyl adjacent to an activating group) is 1. The lowest BCUT2D eigenvalue weighted by Crippen LogP contribution is -2.46. The van der Waals surface area contributed by atoms with Crippen LogP contribution >= 0.6 is 0 Å². The average Bonchev–Trinajstić information content (AvgIpc) is 3.22. The van der Waals surface area contributed by atoms with Gasteiger partial charge in [0, 0.05) is 45.3 Å². The maximum Gasteiger partial charge on any atom is 0.194 e. The van der Waals surface area contributed by atoms with Crippen LogP contribution in [0.3, 0.4) is 0 Å². The van der Waals surface area contributed by atoms with Crippen molar-refractivity contribution in [3.8, 4) is 5.75 Å². The first-order chi connectivity index (χ1) is 14.2. The summed E-state index contributed by atoms with van der Waals surface area (Å²) in [6, 6.07) is 8.89. The molecule has 3 rings (SSSR count). The van der Waals surface area contributed by atoms with Gasteiger partial charge in [0.2, 0.25) is 0 Å². The fourth-order valence-corrected chi connectivity index (χ4v) is 3.85. The summed E-state index contributed by atoms with van der Waals surface area (Å²) in [6.07, 6.45) is 1.19. The molecule has 1 N–H and O–H groups in total. The molecule has 1 atom stereocenters. The summed E-state index contributed by atoms with van der Waals surface area (Å²) < 4.78 is 11.4. The van der Waals surface area contributed by atoms with Gasteiger partial charge in [-0.05, 0) is 45.1 Å². The molecule has 1 unspecified atom stereocenters. The molecule has 2 fully saturated rings. The third-order valence-electron chi connectivity index (χ3n) is 5.48. The molecular formula is C22H37N5O2. The molecule has 162 valence electrons. The van der Waals surface area contributed by atoms with Gasteiger partial charge in [-0.15, -0.1) is 0 Å². The number of aliphatic imine (C=N–C) groups is 1. The lowest BCUT2D eigenvalue weighted by atomic mass is 10.2. The second-order valence-corrected chi connectivity index (χ2v) is 8.01. The van der Waals surface area contributed by atoms with E-state index in [0.29, 0.717) is 19.2 Å². The Hall–Kier alpha value is -1.83. The highest BCUT2D eigenvalue weighted by molar-refractivity contribution is 5.80. The van der Waals surface area contributed by atoms with E-state index in [2.05, 4.69) is 53.2 Å². The van der Waals surface area contributed by atoms with Gasteiger partial charge in [-0.25, -0.2) is 4.99 Å². The standard InChI is InChI=1S/C22H37N5O2/c1-4-23-22(27-9-8-20(18-27)26-11-13-28-14-12-26)24-17-19-6-5-7-21(16-19)29-15-10-25(2)3/h5-7,16,20H,4,8-15,17-18H2,1-3H3,(H,23,24). The number of morpholine rings is 1. The maximum absolute atomic E-state index is 5.86. The monoisotopic (exact) mass is 403 g/mol. The topological polar surface area (TPSA) is 52.6 Å². The lowest BCUT2D eigenvalue weighted by Gasteiger charge is -2.32. The summed E-state index contributed by atoms with van der Waals surface area (Å²) >= 11 is 0. The van der Waals surface area contributed by atoms with Gasteiger partial charge in [0.05, 0.1) is 19.8 Å². The third kappa shape index (κ3) is 6.87. The van der Waals surface area contributed by atoms with E-state index >= 15 is 0 Å². The van der Waals surface area contributed by atoms with Crippen molar-refractivity contribution < 1.29 is 9.47 Å². The molecule has 0 amide bonds. The van der Waals surface area contributed by atoms with Gasteiger partial charge in [-0.2, -0.15) is 0 Å². The van der Waals surface area contributed by atoms with Crippen LogP contribution in [-0.4, -0.2) is 99.9 Å². The molecule has 2 aliphatic rings. The number of guanidine groups is 1. The Morgan fingerprint density at radius 1 is 1.28 bits per heavy atom. The van der Waals surface area contributed by atoms with Crippen molar-refractivity contribution in [3.63, 3.8) is 0 Å². The number of ether oxygens (including phenoxy) is 2. The van der Waals surface area contributed by atoms with Gasteiger partial charge < -0.3 is 24.6 Å². The number of nitrogens with one attached hydrogen (secondary N) is 1. The summed E-state index contributed by atoms with van der Waals surface area (Å²) in [7, 11) is 4.11. The van der Waals surface area contributed by atoms with Crippen LogP contribution in [0.1, 0.15) is 18.9 Å². The number of hydrogen-bond donors (Lipinski definition) is 1. The van der Waals surface area contributed by atoms with Crippen LogP contribution in [0.5, 0.6) is 5.75 Å². The lowest BCUT2D eigenvalue weighted by molar-refractivity contribution is 0.0195. The van der Waals surface area contributed by atoms with Crippen LogP contribution in [0, 0.1) is 0 Å². The van der Waals surface area contributed by atoms with E-state index in [1.54, 1.807) is 0 Å². The minimum absolute atomic E-state index is 0.608. The SMILES string of the molecule is CCNC(=NCc1cccc(OCCN(C)C)c1)N1CCC(N2CCOCC2)C1. The van der Waals surface area contributed by atoms with E-state index in [-0.39, 0.29) is 0 Å². The Balaban J connectivity index is 1.56. The summed E-state index contributed by atoms with van der Waals surface area (Å²) in [5, 5.41) is 3.48. The first-order valence-electron chi connectivity index (χ1n) is 10.9. The first kappa shape index (κ1) is 21.9. The highest BCUT2D eigenvalue weighted by atomic mass is 16.5. The Kier molecular flexibility index (Phi) is 8.58. The van der Waals surface area contributed by atoms with Gasteiger partial charge in [0.1, 0.15) is 12.4 Å². The van der Waals surface area contributed by atoms with Crippen LogP contribution in [0.2, 0.25) is 0 Å². The number of nitrogens with zero attached hydrogens (tertiary/aromatic N) is 4. The van der Waals surface area contributed by atoms with E-state index in [9.17, 15) is 0 Å². The van der Waals surface area contributed by atoms with Gasteiger partial charge in [0.15, 0.2) is 5.96 Å². The predicted molar refractivity (Wildman–Crippen MR) is 118 cm³/mol. The zero-order chi connectivity index (χ0) is 20.5. The molecule has 7 heteroatoms. The molecule has 0 radical (unpaired) electrons. The van der Waals surface area contributed by atoms with E-state index in [4.69, 9.17) is 14.5 Å². The van der Waals surface area contributed by atoms with E-state index in [1.807, 2.05) is 12.1 Å². The van der Waals surface area contributed by atoms with Crippen LogP contribution in [0.4, 0.5) is 0 Å². The molecule has 29 heavy (non-hydrogen) atoms. The minimum Gasteiger partial charge on any atom is -0.492 e. The molecule has 2 heterocycles. The quantitative estimate of drug-likeness (QED) is 0.524. The van der Waals surface area contributed by atoms with Gasteiger partial charge in [-0.3, -0.25) is 4.90 Å². The normalized spacial score (nSPS) is 21.0. The number of benzene rings is 1. The Morgan fingerprint density at radius 2 is 2.10 bits per heavy atom. The first-order valence-corrected chi connectivity index (χ1v) is 10.9. The summed E-state index contributed by atoms with van der Waals surface area (Å²) in [5.41, 5.74) is 1.17. The zero-order valence-electron chi connectivity index (χ0n) is 18.3. The van der Waals surface area contributed by atoms with Crippen molar-refractivity contribution in [2.24, 2.45) is 4.99 Å². The molecule has 2 aliphatic heterocycles. The maximum atomic E-state index is 5.86. The molecule has 0 saturated carbocycles. The fraction of sp³-hybridized carbons (Fsp3) is 0.682. The van der Waals surface area contributed by atoms with Crippen LogP contribution < -0.4 is 10.1 Å². The van der Waals surface area contributed by atoms with Gasteiger partial charge >= 0.3 is 0 Å². The smallest absolute Gasteiger partial charge is 0.194 e. The van der Waals surface area contributed by atoms with E-state index < -0.39 is 0 Å². The molecule has 0 aromatic heterocycles. The Labute approximate surface area is 175 Å². The number of hydrogen-bond acceptors (Lipinski definition) is 5. The van der Waals surface area contributed by atoms with E-state index in [0.717, 1.165) is 64.2 Å². The summed E-state index contributed by atoms with van der Waals surface area (Å²) in [6.45, 7) is 11.2. The van der Waals surface area contributed by atoms with Crippen LogP contribution in [-0.2, 0) is 11.3 Å². The molecule has 1 aromatic carbocycles. The highest BCUT2D eigenvalue weighted by Gasteiger charge is 2.30. The summed E-state index contributed by atoms with van der Waals surface area (Å²) in [5.74, 6) is 1.93. The fourth-order valence-electron chi connectivity index (χ4n) is 3.85. The number of rotatable bonds is 8. The molecule has 0 bridgehead atoms. The van der Waals surface area contributed by atoms with Gasteiger partial charge in [0.25, 0.3) is 0 Å². The molecule has 1 aromatic rings. The van der Waals surface area contributed by atoms with Crippen molar-refractivity contribution in [1.29, 1.82) is 0 Å². The molecule has 2 saturated heterocycles. The van der Waals surface area contributed by atoms with Crippen molar-refractivity contribution in [1.82, 2.24) is 20.0 Å².